The number of thiazole rings is 1. The normalized spacial score (nSPS) is 10.3. The quantitative estimate of drug-likeness (QED) is 0.795. The summed E-state index contributed by atoms with van der Waals surface area (Å²) in [7, 11) is 1.81. The van der Waals surface area contributed by atoms with Gasteiger partial charge in [0.2, 0.25) is 0 Å². The van der Waals surface area contributed by atoms with E-state index in [1.165, 1.54) is 17.4 Å². The van der Waals surface area contributed by atoms with Gasteiger partial charge in [-0.3, -0.25) is 0 Å². The summed E-state index contributed by atoms with van der Waals surface area (Å²) in [6.45, 7) is 2.45. The van der Waals surface area contributed by atoms with Gasteiger partial charge < -0.3 is 9.64 Å². The molecule has 0 aliphatic heterocycles. The van der Waals surface area contributed by atoms with Crippen LogP contribution in [0.5, 0.6) is 0 Å². The first-order chi connectivity index (χ1) is 9.61. The number of carbonyl (C=O) groups excluding carboxylic acids is 1. The second-order valence-corrected chi connectivity index (χ2v) is 5.02. The van der Waals surface area contributed by atoms with Gasteiger partial charge in [0.25, 0.3) is 0 Å². The second kappa shape index (κ2) is 6.47. The Morgan fingerprint density at radius 3 is 2.90 bits per heavy atom. The minimum atomic E-state index is -0.436. The summed E-state index contributed by atoms with van der Waals surface area (Å²) in [6.07, 6.45) is 0. The van der Waals surface area contributed by atoms with Crippen molar-refractivity contribution in [3.8, 4) is 0 Å². The number of hydrogen-bond acceptors (Lipinski definition) is 5. The van der Waals surface area contributed by atoms with E-state index < -0.39 is 5.97 Å². The van der Waals surface area contributed by atoms with Crippen molar-refractivity contribution in [3.05, 3.63) is 46.7 Å². The van der Waals surface area contributed by atoms with E-state index in [-0.39, 0.29) is 11.5 Å². The molecule has 106 valence electrons. The standard InChI is InChI=1S/C14H15FN2O2S/c1-3-19-13(18)12-9-20-14(16-12)17(2)8-10-6-4-5-7-11(10)15/h4-7,9H,3,8H2,1-2H3. The van der Waals surface area contributed by atoms with Crippen LogP contribution in [-0.2, 0) is 11.3 Å². The molecule has 0 radical (unpaired) electrons. The molecule has 1 aromatic heterocycles. The van der Waals surface area contributed by atoms with Crippen LogP contribution < -0.4 is 4.90 Å². The van der Waals surface area contributed by atoms with Crippen molar-refractivity contribution in [3.63, 3.8) is 0 Å². The van der Waals surface area contributed by atoms with E-state index >= 15 is 0 Å². The zero-order valence-corrected chi connectivity index (χ0v) is 12.1. The molecule has 0 fully saturated rings. The molecule has 1 heterocycles. The summed E-state index contributed by atoms with van der Waals surface area (Å²) in [6, 6.07) is 6.60. The van der Waals surface area contributed by atoms with Crippen molar-refractivity contribution < 1.29 is 13.9 Å². The Morgan fingerprint density at radius 2 is 2.20 bits per heavy atom. The number of ether oxygens (including phenoxy) is 1. The van der Waals surface area contributed by atoms with Crippen molar-refractivity contribution in [2.45, 2.75) is 13.5 Å². The Balaban J connectivity index is 2.08. The molecule has 0 atom stereocenters. The third kappa shape index (κ3) is 3.33. The topological polar surface area (TPSA) is 42.4 Å². The molecule has 2 aromatic rings. The number of benzene rings is 1. The van der Waals surface area contributed by atoms with Crippen LogP contribution in [0.3, 0.4) is 0 Å². The summed E-state index contributed by atoms with van der Waals surface area (Å²) >= 11 is 1.33. The highest BCUT2D eigenvalue weighted by molar-refractivity contribution is 7.13. The molecule has 1 aromatic carbocycles. The van der Waals surface area contributed by atoms with Gasteiger partial charge in [0.05, 0.1) is 6.61 Å². The first-order valence-electron chi connectivity index (χ1n) is 6.19. The van der Waals surface area contributed by atoms with Crippen molar-refractivity contribution in [2.75, 3.05) is 18.6 Å². The number of rotatable bonds is 5. The Kier molecular flexibility index (Phi) is 4.68. The lowest BCUT2D eigenvalue weighted by molar-refractivity contribution is 0.0520. The molecular formula is C14H15FN2O2S. The van der Waals surface area contributed by atoms with Gasteiger partial charge in [0.15, 0.2) is 10.8 Å². The van der Waals surface area contributed by atoms with Crippen LogP contribution in [0.1, 0.15) is 23.0 Å². The van der Waals surface area contributed by atoms with Gasteiger partial charge in [-0.2, -0.15) is 0 Å². The molecule has 20 heavy (non-hydrogen) atoms. The lowest BCUT2D eigenvalue weighted by Crippen LogP contribution is -2.17. The fraction of sp³-hybridized carbons (Fsp3) is 0.286. The zero-order chi connectivity index (χ0) is 14.5. The van der Waals surface area contributed by atoms with Crippen LogP contribution in [0.2, 0.25) is 0 Å². The number of halogens is 1. The van der Waals surface area contributed by atoms with Crippen LogP contribution in [0.25, 0.3) is 0 Å². The third-order valence-electron chi connectivity index (χ3n) is 2.67. The lowest BCUT2D eigenvalue weighted by atomic mass is 10.2. The third-order valence-corrected chi connectivity index (χ3v) is 3.62. The molecule has 0 amide bonds. The second-order valence-electron chi connectivity index (χ2n) is 4.18. The highest BCUT2D eigenvalue weighted by Crippen LogP contribution is 2.22. The monoisotopic (exact) mass is 294 g/mol. The first kappa shape index (κ1) is 14.5. The van der Waals surface area contributed by atoms with Gasteiger partial charge in [-0.05, 0) is 13.0 Å². The highest BCUT2D eigenvalue weighted by Gasteiger charge is 2.14. The Labute approximate surface area is 120 Å². The number of nitrogens with zero attached hydrogens (tertiary/aromatic N) is 2. The molecule has 0 aliphatic rings. The summed E-state index contributed by atoms with van der Waals surface area (Å²) in [4.78, 5) is 17.5. The predicted octanol–water partition coefficient (Wildman–Crippen LogP) is 3.10. The minimum absolute atomic E-state index is 0.249. The average molecular weight is 294 g/mol. The van der Waals surface area contributed by atoms with Crippen LogP contribution >= 0.6 is 11.3 Å². The Hall–Kier alpha value is -1.95. The fourth-order valence-corrected chi connectivity index (χ4v) is 2.45. The zero-order valence-electron chi connectivity index (χ0n) is 11.3. The largest absolute Gasteiger partial charge is 0.461 e. The molecule has 0 saturated carbocycles. The molecule has 0 saturated heterocycles. The fourth-order valence-electron chi connectivity index (χ4n) is 1.69. The van der Waals surface area contributed by atoms with Gasteiger partial charge in [-0.1, -0.05) is 18.2 Å². The van der Waals surface area contributed by atoms with Gasteiger partial charge in [-0.25, -0.2) is 14.2 Å². The lowest BCUT2D eigenvalue weighted by Gasteiger charge is -2.15. The van der Waals surface area contributed by atoms with Gasteiger partial charge in [0, 0.05) is 24.5 Å². The van der Waals surface area contributed by atoms with Crippen LogP contribution in [0, 0.1) is 5.82 Å². The van der Waals surface area contributed by atoms with E-state index in [2.05, 4.69) is 4.98 Å². The first-order valence-corrected chi connectivity index (χ1v) is 7.07. The predicted molar refractivity (Wildman–Crippen MR) is 76.6 cm³/mol. The van der Waals surface area contributed by atoms with Crippen LogP contribution in [-0.4, -0.2) is 24.6 Å². The van der Waals surface area contributed by atoms with E-state index in [0.29, 0.717) is 23.8 Å². The van der Waals surface area contributed by atoms with Gasteiger partial charge in [0.1, 0.15) is 5.82 Å². The van der Waals surface area contributed by atoms with Crippen LogP contribution in [0.15, 0.2) is 29.6 Å². The average Bonchev–Trinajstić information content (AvgIpc) is 2.91. The Bertz CT molecular complexity index is 600. The molecule has 0 aliphatic carbocycles. The SMILES string of the molecule is CCOC(=O)c1csc(N(C)Cc2ccccc2F)n1. The Morgan fingerprint density at radius 1 is 1.45 bits per heavy atom. The summed E-state index contributed by atoms with van der Waals surface area (Å²) < 4.78 is 18.5. The number of esters is 1. The van der Waals surface area contributed by atoms with Crippen molar-refractivity contribution in [2.24, 2.45) is 0 Å². The summed E-state index contributed by atoms with van der Waals surface area (Å²) in [5.41, 5.74) is 0.870. The molecule has 0 N–H and O–H groups in total. The summed E-state index contributed by atoms with van der Waals surface area (Å²) in [5.74, 6) is -0.684. The van der Waals surface area contributed by atoms with E-state index in [0.717, 1.165) is 0 Å². The van der Waals surface area contributed by atoms with E-state index in [1.807, 2.05) is 0 Å². The molecule has 0 spiro atoms. The molecule has 0 bridgehead atoms. The maximum Gasteiger partial charge on any atom is 0.357 e. The number of anilines is 1. The van der Waals surface area contributed by atoms with Crippen LogP contribution in [0.4, 0.5) is 9.52 Å². The summed E-state index contributed by atoms with van der Waals surface area (Å²) in [5, 5.41) is 2.29. The maximum absolute atomic E-state index is 13.6. The molecular weight excluding hydrogens is 279 g/mol. The van der Waals surface area contributed by atoms with E-state index in [1.54, 1.807) is 42.5 Å². The number of aromatic nitrogens is 1. The van der Waals surface area contributed by atoms with E-state index in [4.69, 9.17) is 4.74 Å². The maximum atomic E-state index is 13.6. The minimum Gasteiger partial charge on any atom is -0.461 e. The number of hydrogen-bond donors (Lipinski definition) is 0. The number of carbonyl (C=O) groups is 1. The van der Waals surface area contributed by atoms with E-state index in [9.17, 15) is 9.18 Å². The van der Waals surface area contributed by atoms with Crippen molar-refractivity contribution >= 4 is 22.4 Å². The van der Waals surface area contributed by atoms with Gasteiger partial charge in [-0.15, -0.1) is 11.3 Å². The smallest absolute Gasteiger partial charge is 0.357 e. The molecule has 4 nitrogen and oxygen atoms in total. The highest BCUT2D eigenvalue weighted by atomic mass is 32.1. The van der Waals surface area contributed by atoms with Gasteiger partial charge >= 0.3 is 5.97 Å². The molecule has 0 unspecified atom stereocenters. The van der Waals surface area contributed by atoms with Crippen molar-refractivity contribution in [1.29, 1.82) is 0 Å². The van der Waals surface area contributed by atoms with Crippen molar-refractivity contribution in [1.82, 2.24) is 4.98 Å². The molecule has 2 rings (SSSR count). The molecule has 6 heteroatoms.